The maximum absolute atomic E-state index is 10.8. The second-order valence-electron chi connectivity index (χ2n) is 8.94. The molecule has 7 N–H and O–H groups in total. The molecule has 0 saturated carbocycles. The monoisotopic (exact) mass is 436 g/mol. The van der Waals surface area contributed by atoms with Gasteiger partial charge in [-0.05, 0) is 35.7 Å². The Morgan fingerprint density at radius 2 is 1.47 bits per heavy atom. The predicted molar refractivity (Wildman–Crippen MR) is 128 cm³/mol. The summed E-state index contributed by atoms with van der Waals surface area (Å²) in [4.78, 5) is 12.0. The lowest BCUT2D eigenvalue weighted by Gasteiger charge is -2.33. The Morgan fingerprint density at radius 1 is 0.875 bits per heavy atom. The van der Waals surface area contributed by atoms with Crippen molar-refractivity contribution in [2.45, 2.75) is 51.4 Å². The second-order valence-corrected chi connectivity index (χ2v) is 8.94. The van der Waals surface area contributed by atoms with Gasteiger partial charge in [-0.2, -0.15) is 15.0 Å². The summed E-state index contributed by atoms with van der Waals surface area (Å²) < 4.78 is 0. The molecule has 8 heteroatoms. The molecule has 1 unspecified atom stereocenters. The Hall–Kier alpha value is -3.55. The molecule has 0 aliphatic carbocycles. The number of hydrogen-bond donors (Lipinski definition) is 5. The fourth-order valence-corrected chi connectivity index (χ4v) is 4.09. The van der Waals surface area contributed by atoms with E-state index in [1.54, 1.807) is 18.2 Å². The number of benzene rings is 2. The van der Waals surface area contributed by atoms with Crippen LogP contribution in [0.1, 0.15) is 57.2 Å². The first-order valence-electron chi connectivity index (χ1n) is 10.7. The highest BCUT2D eigenvalue weighted by atomic mass is 16.3. The van der Waals surface area contributed by atoms with E-state index in [0.29, 0.717) is 12.5 Å². The molecule has 1 aromatic heterocycles. The Balaban J connectivity index is 1.97. The van der Waals surface area contributed by atoms with Crippen LogP contribution in [0.2, 0.25) is 0 Å². The first kappa shape index (κ1) is 23.1. The molecular weight excluding hydrogens is 404 g/mol. The Morgan fingerprint density at radius 3 is 2.06 bits per heavy atom. The molecule has 0 spiro atoms. The topological polar surface area (TPSA) is 143 Å². The maximum atomic E-state index is 10.8. The molecule has 3 rings (SSSR count). The number of nitrogens with two attached hydrogens (primary N) is 2. The third kappa shape index (κ3) is 4.85. The number of hydrogen-bond acceptors (Lipinski definition) is 8. The minimum absolute atomic E-state index is 0.0534. The number of aromatic nitrogens is 3. The standard InChI is InChI=1S/C24H32N6O2/c1-5-12-24(4,14-27-22-29-20(25)28-21(26)30-22)18-13-16(8-11-19(18)32)23(2,3)15-6-9-17(31)10-7-15/h6-11,13,31-32H,5,12,14H2,1-4H3,(H5,25,26,27,28,29,30). The summed E-state index contributed by atoms with van der Waals surface area (Å²) >= 11 is 0. The molecular formula is C24H32N6O2. The van der Waals surface area contributed by atoms with Gasteiger partial charge in [0, 0.05) is 22.9 Å². The van der Waals surface area contributed by atoms with Crippen LogP contribution in [0.3, 0.4) is 0 Å². The number of phenols is 2. The number of phenolic OH excluding ortho intramolecular Hbond substituents is 2. The average molecular weight is 437 g/mol. The van der Waals surface area contributed by atoms with Crippen LogP contribution in [0.25, 0.3) is 0 Å². The first-order valence-corrected chi connectivity index (χ1v) is 10.7. The molecule has 1 atom stereocenters. The summed E-state index contributed by atoms with van der Waals surface area (Å²) in [6.45, 7) is 8.94. The summed E-state index contributed by atoms with van der Waals surface area (Å²) in [6, 6.07) is 13.0. The van der Waals surface area contributed by atoms with Gasteiger partial charge in [-0.15, -0.1) is 0 Å². The molecule has 32 heavy (non-hydrogen) atoms. The van der Waals surface area contributed by atoms with Gasteiger partial charge < -0.3 is 27.0 Å². The van der Waals surface area contributed by atoms with Crippen molar-refractivity contribution < 1.29 is 10.2 Å². The average Bonchev–Trinajstić information content (AvgIpc) is 2.72. The van der Waals surface area contributed by atoms with E-state index < -0.39 is 5.41 Å². The van der Waals surface area contributed by atoms with Gasteiger partial charge in [-0.1, -0.05) is 58.4 Å². The molecule has 3 aromatic rings. The predicted octanol–water partition coefficient (Wildman–Crippen LogP) is 3.94. The molecule has 8 nitrogen and oxygen atoms in total. The van der Waals surface area contributed by atoms with E-state index in [2.05, 4.69) is 54.0 Å². The number of anilines is 3. The van der Waals surface area contributed by atoms with Crippen LogP contribution in [-0.2, 0) is 10.8 Å². The molecule has 170 valence electrons. The van der Waals surface area contributed by atoms with Gasteiger partial charge in [0.2, 0.25) is 17.8 Å². The molecule has 1 heterocycles. The van der Waals surface area contributed by atoms with Gasteiger partial charge in [0.25, 0.3) is 0 Å². The zero-order valence-electron chi connectivity index (χ0n) is 19.1. The van der Waals surface area contributed by atoms with Crippen molar-refractivity contribution in [3.05, 3.63) is 59.2 Å². The summed E-state index contributed by atoms with van der Waals surface area (Å²) in [5.74, 6) is 0.882. The van der Waals surface area contributed by atoms with Gasteiger partial charge in [0.15, 0.2) is 0 Å². The van der Waals surface area contributed by atoms with Crippen LogP contribution >= 0.6 is 0 Å². The summed E-state index contributed by atoms with van der Waals surface area (Å²) in [5.41, 5.74) is 13.6. The Bertz CT molecular complexity index is 1060. The van der Waals surface area contributed by atoms with Crippen molar-refractivity contribution in [1.82, 2.24) is 15.0 Å². The summed E-state index contributed by atoms with van der Waals surface area (Å²) in [6.07, 6.45) is 1.75. The zero-order chi connectivity index (χ0) is 23.5. The van der Waals surface area contributed by atoms with Crippen molar-refractivity contribution in [2.24, 2.45) is 0 Å². The van der Waals surface area contributed by atoms with Crippen LogP contribution in [0.4, 0.5) is 17.8 Å². The van der Waals surface area contributed by atoms with E-state index in [4.69, 9.17) is 11.5 Å². The van der Waals surface area contributed by atoms with Gasteiger partial charge in [-0.25, -0.2) is 0 Å². The molecule has 0 radical (unpaired) electrons. The van der Waals surface area contributed by atoms with Crippen molar-refractivity contribution in [3.63, 3.8) is 0 Å². The van der Waals surface area contributed by atoms with Crippen molar-refractivity contribution in [1.29, 1.82) is 0 Å². The molecule has 0 amide bonds. The van der Waals surface area contributed by atoms with Crippen LogP contribution in [-0.4, -0.2) is 31.7 Å². The molecule has 0 bridgehead atoms. The molecule has 2 aromatic carbocycles. The largest absolute Gasteiger partial charge is 0.508 e. The SMILES string of the molecule is CCCC(C)(CNc1nc(N)nc(N)n1)c1cc(C(C)(C)c2ccc(O)cc2)ccc1O. The second kappa shape index (κ2) is 8.90. The third-order valence-electron chi connectivity index (χ3n) is 6.07. The van der Waals surface area contributed by atoms with Crippen LogP contribution in [0.15, 0.2) is 42.5 Å². The summed E-state index contributed by atoms with van der Waals surface area (Å²) in [7, 11) is 0. The number of nitrogen functional groups attached to an aromatic ring is 2. The minimum Gasteiger partial charge on any atom is -0.508 e. The van der Waals surface area contributed by atoms with Gasteiger partial charge in [-0.3, -0.25) is 0 Å². The number of nitrogens with one attached hydrogen (secondary N) is 1. The molecule has 0 aliphatic rings. The highest BCUT2D eigenvalue weighted by Gasteiger charge is 2.32. The third-order valence-corrected chi connectivity index (χ3v) is 6.07. The lowest BCUT2D eigenvalue weighted by atomic mass is 9.73. The Labute approximate surface area is 188 Å². The number of rotatable bonds is 8. The summed E-state index contributed by atoms with van der Waals surface area (Å²) in [5, 5.41) is 23.7. The van der Waals surface area contributed by atoms with E-state index >= 15 is 0 Å². The fraction of sp³-hybridized carbons (Fsp3) is 0.375. The van der Waals surface area contributed by atoms with E-state index in [0.717, 1.165) is 29.5 Å². The quantitative estimate of drug-likeness (QED) is 0.357. The normalized spacial score (nSPS) is 13.5. The van der Waals surface area contributed by atoms with E-state index in [1.807, 2.05) is 18.2 Å². The van der Waals surface area contributed by atoms with Crippen LogP contribution < -0.4 is 16.8 Å². The lowest BCUT2D eigenvalue weighted by molar-refractivity contribution is 0.405. The minimum atomic E-state index is -0.407. The van der Waals surface area contributed by atoms with Crippen molar-refractivity contribution in [3.8, 4) is 11.5 Å². The maximum Gasteiger partial charge on any atom is 0.229 e. The highest BCUT2D eigenvalue weighted by molar-refractivity contribution is 5.48. The van der Waals surface area contributed by atoms with E-state index in [9.17, 15) is 10.2 Å². The van der Waals surface area contributed by atoms with Crippen molar-refractivity contribution >= 4 is 17.8 Å². The van der Waals surface area contributed by atoms with Crippen LogP contribution in [0, 0.1) is 0 Å². The van der Waals surface area contributed by atoms with Gasteiger partial charge >= 0.3 is 0 Å². The zero-order valence-corrected chi connectivity index (χ0v) is 19.1. The highest BCUT2D eigenvalue weighted by Crippen LogP contribution is 2.40. The molecule has 0 saturated heterocycles. The van der Waals surface area contributed by atoms with Crippen molar-refractivity contribution in [2.75, 3.05) is 23.3 Å². The first-order chi connectivity index (χ1) is 15.0. The molecule has 0 fully saturated rings. The number of aromatic hydroxyl groups is 2. The lowest BCUT2D eigenvalue weighted by Crippen LogP contribution is -2.32. The fourth-order valence-electron chi connectivity index (χ4n) is 4.09. The number of nitrogens with zero attached hydrogens (tertiary/aromatic N) is 3. The van der Waals surface area contributed by atoms with E-state index in [1.165, 1.54) is 0 Å². The Kier molecular flexibility index (Phi) is 6.43. The smallest absolute Gasteiger partial charge is 0.229 e. The van der Waals surface area contributed by atoms with E-state index in [-0.39, 0.29) is 28.8 Å². The van der Waals surface area contributed by atoms with Gasteiger partial charge in [0.05, 0.1) is 0 Å². The van der Waals surface area contributed by atoms with Crippen LogP contribution in [0.5, 0.6) is 11.5 Å². The van der Waals surface area contributed by atoms with Gasteiger partial charge in [0.1, 0.15) is 11.5 Å². The molecule has 0 aliphatic heterocycles.